The fraction of sp³-hybridized carbons (Fsp3) is 0.462. The second-order valence-electron chi connectivity index (χ2n) is 4.53. The smallest absolute Gasteiger partial charge is 0.263 e. The van der Waals surface area contributed by atoms with Crippen molar-refractivity contribution in [1.82, 2.24) is 4.72 Å². The molecule has 0 amide bonds. The third kappa shape index (κ3) is 3.94. The van der Waals surface area contributed by atoms with Crippen molar-refractivity contribution >= 4 is 28.3 Å². The molecule has 0 bridgehead atoms. The Kier molecular flexibility index (Phi) is 6.45. The number of amidine groups is 1. The molecule has 0 fully saturated rings. The van der Waals surface area contributed by atoms with Crippen molar-refractivity contribution in [2.45, 2.75) is 30.6 Å². The van der Waals surface area contributed by atoms with E-state index in [1.807, 2.05) is 6.07 Å². The number of halogens is 1. The molecular weight excluding hydrogens is 298 g/mol. The van der Waals surface area contributed by atoms with Crippen LogP contribution in [0.1, 0.15) is 31.2 Å². The Morgan fingerprint density at radius 1 is 1.10 bits per heavy atom. The van der Waals surface area contributed by atoms with E-state index in [0.29, 0.717) is 22.8 Å². The predicted molar refractivity (Wildman–Crippen MR) is 82.9 cm³/mol. The lowest BCUT2D eigenvalue weighted by molar-refractivity contribution is 0.595. The van der Waals surface area contributed by atoms with Gasteiger partial charge in [-0.3, -0.25) is 9.71 Å². The lowest BCUT2D eigenvalue weighted by Crippen LogP contribution is -2.22. The SMILES string of the molecule is Cl.NCCCCCCN=C1NS(=O)(=O)c2ccccc21. The summed E-state index contributed by atoms with van der Waals surface area (Å²) in [5, 5.41) is 0. The van der Waals surface area contributed by atoms with Crippen molar-refractivity contribution in [3.63, 3.8) is 0 Å². The van der Waals surface area contributed by atoms with Crippen molar-refractivity contribution in [3.8, 4) is 0 Å². The Balaban J connectivity index is 0.00000200. The molecule has 1 heterocycles. The van der Waals surface area contributed by atoms with Gasteiger partial charge in [0.2, 0.25) is 0 Å². The first-order valence-corrected chi connectivity index (χ1v) is 8.00. The van der Waals surface area contributed by atoms with Gasteiger partial charge in [-0.1, -0.05) is 25.0 Å². The van der Waals surface area contributed by atoms with Gasteiger partial charge >= 0.3 is 0 Å². The van der Waals surface area contributed by atoms with E-state index < -0.39 is 10.0 Å². The average molecular weight is 318 g/mol. The van der Waals surface area contributed by atoms with Crippen molar-refractivity contribution in [1.29, 1.82) is 0 Å². The van der Waals surface area contributed by atoms with E-state index in [0.717, 1.165) is 32.2 Å². The fourth-order valence-electron chi connectivity index (χ4n) is 2.05. The maximum absolute atomic E-state index is 11.8. The Morgan fingerprint density at radius 2 is 1.80 bits per heavy atom. The van der Waals surface area contributed by atoms with E-state index >= 15 is 0 Å². The molecule has 1 aliphatic rings. The zero-order chi connectivity index (χ0) is 13.7. The Hall–Kier alpha value is -1.11. The molecule has 2 rings (SSSR count). The highest BCUT2D eigenvalue weighted by atomic mass is 35.5. The number of hydrogen-bond donors (Lipinski definition) is 2. The number of hydrogen-bond acceptors (Lipinski definition) is 4. The Labute approximate surface area is 126 Å². The van der Waals surface area contributed by atoms with Crippen LogP contribution in [-0.4, -0.2) is 27.3 Å². The van der Waals surface area contributed by atoms with Crippen LogP contribution in [0.3, 0.4) is 0 Å². The van der Waals surface area contributed by atoms with E-state index in [4.69, 9.17) is 5.73 Å². The normalized spacial score (nSPS) is 17.4. The topological polar surface area (TPSA) is 84.5 Å². The minimum absolute atomic E-state index is 0. The van der Waals surface area contributed by atoms with Crippen LogP contribution < -0.4 is 10.5 Å². The van der Waals surface area contributed by atoms with Gasteiger partial charge in [-0.05, 0) is 31.5 Å². The van der Waals surface area contributed by atoms with Crippen LogP contribution in [0, 0.1) is 0 Å². The number of rotatable bonds is 6. The van der Waals surface area contributed by atoms with Gasteiger partial charge in [-0.25, -0.2) is 8.42 Å². The molecule has 0 aliphatic carbocycles. The molecule has 0 radical (unpaired) electrons. The molecule has 1 aliphatic heterocycles. The summed E-state index contributed by atoms with van der Waals surface area (Å²) in [7, 11) is -3.40. The lowest BCUT2D eigenvalue weighted by Gasteiger charge is -2.00. The second-order valence-corrected chi connectivity index (χ2v) is 6.19. The first-order valence-electron chi connectivity index (χ1n) is 6.52. The van der Waals surface area contributed by atoms with Gasteiger partial charge in [0.15, 0.2) is 0 Å². The number of unbranched alkanes of at least 4 members (excludes halogenated alkanes) is 3. The molecule has 0 saturated carbocycles. The summed E-state index contributed by atoms with van der Waals surface area (Å²) in [5.41, 5.74) is 6.09. The number of fused-ring (bicyclic) bond motifs is 1. The summed E-state index contributed by atoms with van der Waals surface area (Å²) in [6.07, 6.45) is 4.16. The lowest BCUT2D eigenvalue weighted by atomic mass is 10.2. The van der Waals surface area contributed by atoms with Crippen LogP contribution in [0.4, 0.5) is 0 Å². The number of benzene rings is 1. The number of nitrogens with one attached hydrogen (secondary N) is 1. The third-order valence-corrected chi connectivity index (χ3v) is 4.44. The highest BCUT2D eigenvalue weighted by Gasteiger charge is 2.29. The minimum atomic E-state index is -3.40. The molecule has 5 nitrogen and oxygen atoms in total. The maximum Gasteiger partial charge on any atom is 0.263 e. The van der Waals surface area contributed by atoms with Crippen LogP contribution in [0.15, 0.2) is 34.2 Å². The van der Waals surface area contributed by atoms with Gasteiger partial charge in [0.25, 0.3) is 10.0 Å². The van der Waals surface area contributed by atoms with Gasteiger partial charge in [-0.2, -0.15) is 0 Å². The zero-order valence-corrected chi connectivity index (χ0v) is 12.8. The molecule has 0 aromatic heterocycles. The van der Waals surface area contributed by atoms with Crippen LogP contribution in [0.25, 0.3) is 0 Å². The van der Waals surface area contributed by atoms with Crippen LogP contribution in [0.2, 0.25) is 0 Å². The van der Waals surface area contributed by atoms with Crippen molar-refractivity contribution < 1.29 is 8.42 Å². The van der Waals surface area contributed by atoms with Crippen LogP contribution in [-0.2, 0) is 10.0 Å². The molecule has 3 N–H and O–H groups in total. The number of nitrogens with two attached hydrogens (primary N) is 1. The molecule has 7 heteroatoms. The summed E-state index contributed by atoms with van der Waals surface area (Å²) in [6, 6.07) is 6.91. The van der Waals surface area contributed by atoms with E-state index in [9.17, 15) is 8.42 Å². The molecule has 20 heavy (non-hydrogen) atoms. The molecule has 0 atom stereocenters. The summed E-state index contributed by atoms with van der Waals surface area (Å²) in [5.74, 6) is 0.467. The Morgan fingerprint density at radius 3 is 2.55 bits per heavy atom. The maximum atomic E-state index is 11.8. The van der Waals surface area contributed by atoms with Crippen molar-refractivity contribution in [2.24, 2.45) is 10.7 Å². The fourth-order valence-corrected chi connectivity index (χ4v) is 3.30. The largest absolute Gasteiger partial charge is 0.330 e. The highest BCUT2D eigenvalue weighted by Crippen LogP contribution is 2.22. The predicted octanol–water partition coefficient (Wildman–Crippen LogP) is 1.67. The first kappa shape index (κ1) is 16.9. The summed E-state index contributed by atoms with van der Waals surface area (Å²) < 4.78 is 26.2. The van der Waals surface area contributed by atoms with Crippen molar-refractivity contribution in [3.05, 3.63) is 29.8 Å². The first-order chi connectivity index (χ1) is 9.15. The van der Waals surface area contributed by atoms with E-state index in [1.54, 1.807) is 18.2 Å². The quantitative estimate of drug-likeness (QED) is 0.783. The van der Waals surface area contributed by atoms with Crippen molar-refractivity contribution in [2.75, 3.05) is 13.1 Å². The molecule has 1 aromatic rings. The molecule has 1 aromatic carbocycles. The molecule has 0 unspecified atom stereocenters. The summed E-state index contributed by atoms with van der Waals surface area (Å²) >= 11 is 0. The molecule has 112 valence electrons. The monoisotopic (exact) mass is 317 g/mol. The van der Waals surface area contributed by atoms with E-state index in [1.165, 1.54) is 0 Å². The summed E-state index contributed by atoms with van der Waals surface area (Å²) in [4.78, 5) is 4.67. The number of aliphatic imine (C=N–C) groups is 1. The van der Waals surface area contributed by atoms with Gasteiger partial charge in [0.1, 0.15) is 5.84 Å². The number of nitrogens with zero attached hydrogens (tertiary/aromatic N) is 1. The van der Waals surface area contributed by atoms with Crippen LogP contribution in [0.5, 0.6) is 0 Å². The zero-order valence-electron chi connectivity index (χ0n) is 11.2. The standard InChI is InChI=1S/C13H19N3O2S.ClH/c14-9-5-1-2-6-10-15-13-11-7-3-4-8-12(11)19(17,18)16-13;/h3-4,7-8H,1-2,5-6,9-10,14H2,(H,15,16);1H. The number of sulfonamides is 1. The highest BCUT2D eigenvalue weighted by molar-refractivity contribution is 7.90. The van der Waals surface area contributed by atoms with Gasteiger partial charge in [0.05, 0.1) is 4.90 Å². The molecule has 0 spiro atoms. The minimum Gasteiger partial charge on any atom is -0.330 e. The Bertz CT molecular complexity index is 573. The third-order valence-electron chi connectivity index (χ3n) is 3.04. The average Bonchev–Trinajstić information content (AvgIpc) is 2.66. The van der Waals surface area contributed by atoms with Gasteiger partial charge in [-0.15, -0.1) is 12.4 Å². The van der Waals surface area contributed by atoms with E-state index in [2.05, 4.69) is 9.71 Å². The second kappa shape index (κ2) is 7.61. The van der Waals surface area contributed by atoms with E-state index in [-0.39, 0.29) is 12.4 Å². The molecular formula is C13H20ClN3O2S. The molecule has 0 saturated heterocycles. The summed E-state index contributed by atoms with van der Waals surface area (Å²) in [6.45, 7) is 1.36. The van der Waals surface area contributed by atoms with Crippen LogP contribution >= 0.6 is 12.4 Å². The van der Waals surface area contributed by atoms with Gasteiger partial charge in [0, 0.05) is 12.1 Å². The van der Waals surface area contributed by atoms with Gasteiger partial charge < -0.3 is 5.73 Å².